The van der Waals surface area contributed by atoms with Gasteiger partial charge < -0.3 is 45.2 Å². The van der Waals surface area contributed by atoms with E-state index >= 15 is 0 Å². The first-order valence-electron chi connectivity index (χ1n) is 21.1. The van der Waals surface area contributed by atoms with Crippen molar-refractivity contribution in [1.29, 1.82) is 0 Å². The van der Waals surface area contributed by atoms with Crippen molar-refractivity contribution in [3.8, 4) is 46.0 Å². The van der Waals surface area contributed by atoms with Gasteiger partial charge in [0.2, 0.25) is 0 Å². The molecule has 0 unspecified atom stereocenters. The number of aromatic carboxylic acids is 1. The number of anilines is 3. The van der Waals surface area contributed by atoms with Gasteiger partial charge >= 0.3 is 5.97 Å². The van der Waals surface area contributed by atoms with E-state index in [4.69, 9.17) is 29.4 Å². The van der Waals surface area contributed by atoms with Crippen LogP contribution in [0.1, 0.15) is 21.5 Å². The second-order valence-corrected chi connectivity index (χ2v) is 14.6. The van der Waals surface area contributed by atoms with Crippen LogP contribution in [0.4, 0.5) is 17.1 Å². The molecule has 0 aliphatic carbocycles. The van der Waals surface area contributed by atoms with Crippen molar-refractivity contribution >= 4 is 34.8 Å². The molecule has 12 nitrogen and oxygen atoms in total. The number of carboxylic acids is 1. The smallest absolute Gasteiger partial charge is 0.337 e. The lowest BCUT2D eigenvalue weighted by Gasteiger charge is -2.12. The zero-order valence-electron chi connectivity index (χ0n) is 36.8. The Morgan fingerprint density at radius 1 is 0.418 bits per heavy atom. The number of nitrogen functional groups attached to an aromatic ring is 1. The van der Waals surface area contributed by atoms with Gasteiger partial charge in [-0.3, -0.25) is 9.59 Å². The van der Waals surface area contributed by atoms with E-state index in [9.17, 15) is 19.5 Å². The summed E-state index contributed by atoms with van der Waals surface area (Å²) >= 11 is 0. The average Bonchev–Trinajstić information content (AvgIpc) is 3.34. The standard InChI is InChI=1S/C21H17NO5.C21H19NO3.C13H13NO/c23-20(14-26-15-7-3-1-4-8-15)22-19-13-17(11-12-18(19)21(24)25)27-16-9-5-2-6-10-16;1-16-12-13-19(25-18-10-6-3-7-11-18)14-20(16)22-21(23)15-24-17-8-4-2-5-9-17;1-10-7-8-12(9-13(10)14)15-11-5-3-2-4-6-11/h1-13H,14H2,(H,22,23)(H,24,25);2-14H,15H2,1H3,(H,22,23);2-9H,14H2,1H3. The van der Waals surface area contributed by atoms with Crippen LogP contribution in [-0.4, -0.2) is 36.1 Å². The van der Waals surface area contributed by atoms with Gasteiger partial charge in [-0.15, -0.1) is 0 Å². The second-order valence-electron chi connectivity index (χ2n) is 14.6. The minimum Gasteiger partial charge on any atom is -0.484 e. The largest absolute Gasteiger partial charge is 0.484 e. The summed E-state index contributed by atoms with van der Waals surface area (Å²) in [5.74, 6) is 3.37. The van der Waals surface area contributed by atoms with Gasteiger partial charge in [-0.25, -0.2) is 4.79 Å². The highest BCUT2D eigenvalue weighted by atomic mass is 16.5. The fourth-order valence-electron chi connectivity index (χ4n) is 5.94. The molecular weight excluding hydrogens is 847 g/mol. The van der Waals surface area contributed by atoms with Crippen molar-refractivity contribution in [2.24, 2.45) is 0 Å². The van der Waals surface area contributed by atoms with Gasteiger partial charge in [0.25, 0.3) is 11.8 Å². The van der Waals surface area contributed by atoms with Crippen molar-refractivity contribution in [2.45, 2.75) is 13.8 Å². The summed E-state index contributed by atoms with van der Waals surface area (Å²) in [5, 5.41) is 14.8. The maximum Gasteiger partial charge on any atom is 0.337 e. The maximum absolute atomic E-state index is 12.2. The minimum atomic E-state index is -1.15. The van der Waals surface area contributed by atoms with Crippen LogP contribution in [0.15, 0.2) is 206 Å². The van der Waals surface area contributed by atoms with Crippen LogP contribution in [0, 0.1) is 13.8 Å². The summed E-state index contributed by atoms with van der Waals surface area (Å²) in [6.45, 7) is 3.61. The van der Waals surface area contributed by atoms with Crippen LogP contribution in [0.5, 0.6) is 46.0 Å². The van der Waals surface area contributed by atoms with Crippen LogP contribution in [-0.2, 0) is 9.59 Å². The third-order valence-electron chi connectivity index (χ3n) is 9.39. The molecule has 12 heteroatoms. The molecule has 0 radical (unpaired) electrons. The molecular formula is C55H49N3O9. The molecule has 0 heterocycles. The van der Waals surface area contributed by atoms with Gasteiger partial charge in [-0.05, 0) is 110 Å². The lowest BCUT2D eigenvalue weighted by Crippen LogP contribution is -2.21. The predicted molar refractivity (Wildman–Crippen MR) is 261 cm³/mol. The number of nitrogens with two attached hydrogens (primary N) is 1. The third-order valence-corrected chi connectivity index (χ3v) is 9.39. The Hall–Kier alpha value is -9.03. The Morgan fingerprint density at radius 2 is 0.761 bits per heavy atom. The molecule has 67 heavy (non-hydrogen) atoms. The van der Waals surface area contributed by atoms with Gasteiger partial charge in [-0.1, -0.05) is 103 Å². The highest BCUT2D eigenvalue weighted by Gasteiger charge is 2.15. The lowest BCUT2D eigenvalue weighted by atomic mass is 10.1. The Bertz CT molecular complexity index is 2810. The van der Waals surface area contributed by atoms with Crippen molar-refractivity contribution in [3.05, 3.63) is 223 Å². The molecule has 0 fully saturated rings. The Kier molecular flexibility index (Phi) is 17.5. The van der Waals surface area contributed by atoms with E-state index in [1.165, 1.54) is 18.2 Å². The number of hydrogen-bond acceptors (Lipinski definition) is 9. The maximum atomic E-state index is 12.2. The molecule has 0 bridgehead atoms. The Morgan fingerprint density at radius 3 is 1.16 bits per heavy atom. The van der Waals surface area contributed by atoms with Gasteiger partial charge in [-0.2, -0.15) is 0 Å². The Balaban J connectivity index is 0.000000172. The van der Waals surface area contributed by atoms with Crippen molar-refractivity contribution in [3.63, 3.8) is 0 Å². The highest BCUT2D eigenvalue weighted by molar-refractivity contribution is 6.01. The minimum absolute atomic E-state index is 0.0385. The number of carbonyl (C=O) groups is 3. The molecule has 5 N–H and O–H groups in total. The van der Waals surface area contributed by atoms with Gasteiger partial charge in [0.15, 0.2) is 13.2 Å². The van der Waals surface area contributed by atoms with E-state index in [2.05, 4.69) is 10.6 Å². The molecule has 0 saturated carbocycles. The number of benzene rings is 8. The van der Waals surface area contributed by atoms with E-state index in [0.29, 0.717) is 34.4 Å². The summed E-state index contributed by atoms with van der Waals surface area (Å²) in [4.78, 5) is 35.7. The zero-order valence-corrected chi connectivity index (χ0v) is 36.8. The predicted octanol–water partition coefficient (Wildman–Crippen LogP) is 12.4. The quantitative estimate of drug-likeness (QED) is 0.0727. The molecule has 8 aromatic carbocycles. The molecule has 0 saturated heterocycles. The summed E-state index contributed by atoms with van der Waals surface area (Å²) in [5.41, 5.74) is 9.37. The number of hydrogen-bond donors (Lipinski definition) is 4. The monoisotopic (exact) mass is 895 g/mol. The van der Waals surface area contributed by atoms with E-state index in [1.54, 1.807) is 36.4 Å². The number of nitrogens with one attached hydrogen (secondary N) is 2. The Labute approximate surface area is 389 Å². The average molecular weight is 896 g/mol. The number of para-hydroxylation sites is 5. The fraction of sp³-hybridized carbons (Fsp3) is 0.0727. The summed E-state index contributed by atoms with van der Waals surface area (Å²) in [6.07, 6.45) is 0. The first-order chi connectivity index (χ1) is 32.6. The number of aryl methyl sites for hydroxylation is 2. The van der Waals surface area contributed by atoms with Crippen LogP contribution in [0.2, 0.25) is 0 Å². The van der Waals surface area contributed by atoms with Gasteiger partial charge in [0.1, 0.15) is 46.0 Å². The summed E-state index contributed by atoms with van der Waals surface area (Å²) in [6, 6.07) is 62.0. The number of ether oxygens (including phenoxy) is 5. The molecule has 0 aliphatic heterocycles. The molecule has 0 atom stereocenters. The molecule has 0 aromatic heterocycles. The number of carbonyl (C=O) groups excluding carboxylic acids is 2. The van der Waals surface area contributed by atoms with Crippen LogP contribution in [0.3, 0.4) is 0 Å². The lowest BCUT2D eigenvalue weighted by molar-refractivity contribution is -0.118. The number of rotatable bonds is 15. The molecule has 8 rings (SSSR count). The van der Waals surface area contributed by atoms with Crippen molar-refractivity contribution in [2.75, 3.05) is 29.6 Å². The molecule has 8 aromatic rings. The normalized spacial score (nSPS) is 10.1. The van der Waals surface area contributed by atoms with Gasteiger partial charge in [0, 0.05) is 29.6 Å². The first-order valence-corrected chi connectivity index (χ1v) is 21.1. The van der Waals surface area contributed by atoms with Crippen molar-refractivity contribution < 1.29 is 43.2 Å². The fourth-order valence-corrected chi connectivity index (χ4v) is 5.94. The SMILES string of the molecule is Cc1ccc(Oc2ccccc2)cc1N.Cc1ccc(Oc2ccccc2)cc1NC(=O)COc1ccccc1.O=C(COc1ccccc1)Nc1cc(Oc2ccccc2)ccc1C(=O)O. The van der Waals surface area contributed by atoms with E-state index in [1.807, 2.05) is 166 Å². The molecule has 2 amide bonds. The molecule has 0 aliphatic rings. The van der Waals surface area contributed by atoms with E-state index < -0.39 is 11.9 Å². The van der Waals surface area contributed by atoms with Gasteiger partial charge in [0.05, 0.1) is 11.3 Å². The zero-order chi connectivity index (χ0) is 47.2. The third kappa shape index (κ3) is 15.9. The molecule has 338 valence electrons. The van der Waals surface area contributed by atoms with Crippen LogP contribution >= 0.6 is 0 Å². The summed E-state index contributed by atoms with van der Waals surface area (Å²) < 4.78 is 28.0. The van der Waals surface area contributed by atoms with E-state index in [0.717, 1.165) is 34.1 Å². The van der Waals surface area contributed by atoms with Crippen molar-refractivity contribution in [1.82, 2.24) is 0 Å². The number of amides is 2. The topological polar surface area (TPSA) is 168 Å². The van der Waals surface area contributed by atoms with Crippen LogP contribution in [0.25, 0.3) is 0 Å². The number of carboxylic acid groups (broad SMARTS) is 1. The first kappa shape index (κ1) is 47.4. The second kappa shape index (κ2) is 24.7. The highest BCUT2D eigenvalue weighted by Crippen LogP contribution is 2.29. The molecule has 0 spiro atoms. The van der Waals surface area contributed by atoms with Crippen LogP contribution < -0.4 is 40.1 Å². The van der Waals surface area contributed by atoms with E-state index in [-0.39, 0.29) is 30.4 Å². The summed E-state index contributed by atoms with van der Waals surface area (Å²) in [7, 11) is 0.